The molecule has 0 aromatic heterocycles. The second-order valence-electron chi connectivity index (χ2n) is 8.61. The number of carbonyl (C=O) groups excluding carboxylic acids is 1. The van der Waals surface area contributed by atoms with Crippen molar-refractivity contribution in [3.05, 3.63) is 11.6 Å². The lowest BCUT2D eigenvalue weighted by Crippen LogP contribution is -2.51. The third-order valence-corrected chi connectivity index (χ3v) is 7.91. The Labute approximate surface area is 128 Å². The molecule has 0 radical (unpaired) electrons. The summed E-state index contributed by atoms with van der Waals surface area (Å²) in [6.07, 6.45) is 10.7. The summed E-state index contributed by atoms with van der Waals surface area (Å²) >= 11 is 0. The van der Waals surface area contributed by atoms with Crippen LogP contribution >= 0.6 is 0 Å². The van der Waals surface area contributed by atoms with E-state index >= 15 is 0 Å². The Kier molecular flexibility index (Phi) is 2.96. The van der Waals surface area contributed by atoms with Crippen LogP contribution in [-0.4, -0.2) is 17.0 Å². The van der Waals surface area contributed by atoms with E-state index in [1.165, 1.54) is 31.3 Å². The molecule has 3 fully saturated rings. The molecule has 0 aromatic carbocycles. The maximum atomic E-state index is 11.8. The summed E-state index contributed by atoms with van der Waals surface area (Å²) in [4.78, 5) is 11.8. The average Bonchev–Trinajstić information content (AvgIpc) is 2.76. The fraction of sp³-hybridized carbons (Fsp3) is 0.842. The van der Waals surface area contributed by atoms with E-state index in [1.807, 2.05) is 6.08 Å². The van der Waals surface area contributed by atoms with Gasteiger partial charge in [-0.1, -0.05) is 19.4 Å². The van der Waals surface area contributed by atoms with Gasteiger partial charge in [-0.15, -0.1) is 0 Å². The third kappa shape index (κ3) is 1.78. The number of hydrogen-bond acceptors (Lipinski definition) is 2. The predicted octanol–water partition coefficient (Wildman–Crippen LogP) is 3.88. The van der Waals surface area contributed by atoms with E-state index in [4.69, 9.17) is 0 Å². The predicted molar refractivity (Wildman–Crippen MR) is 82.7 cm³/mol. The number of allylic oxidation sites excluding steroid dienone is 1. The Morgan fingerprint density at radius 1 is 1.05 bits per heavy atom. The highest BCUT2D eigenvalue weighted by Crippen LogP contribution is 2.65. The van der Waals surface area contributed by atoms with E-state index < -0.39 is 0 Å². The number of rotatable bonds is 0. The van der Waals surface area contributed by atoms with Gasteiger partial charge in [-0.2, -0.15) is 0 Å². The van der Waals surface area contributed by atoms with E-state index in [0.717, 1.165) is 37.5 Å². The molecule has 4 aliphatic rings. The van der Waals surface area contributed by atoms with Gasteiger partial charge in [-0.3, -0.25) is 4.79 Å². The fourth-order valence-electron chi connectivity index (χ4n) is 6.53. The summed E-state index contributed by atoms with van der Waals surface area (Å²) in [6.45, 7) is 4.76. The van der Waals surface area contributed by atoms with Gasteiger partial charge in [-0.05, 0) is 79.6 Å². The molecular formula is C19H28O2. The molecule has 0 heterocycles. The SMILES string of the molecule is C[C@@]12CC[C@H]3[C@H](CCC4=CC(=O)CC[C@]43C)[C@@H]1CC[C@H]2O. The topological polar surface area (TPSA) is 37.3 Å². The monoisotopic (exact) mass is 288 g/mol. The normalized spacial score (nSPS) is 52.7. The van der Waals surface area contributed by atoms with Crippen LogP contribution in [0.1, 0.15) is 65.2 Å². The molecule has 0 spiro atoms. The van der Waals surface area contributed by atoms with Crippen LogP contribution < -0.4 is 0 Å². The molecule has 0 aromatic rings. The lowest BCUT2D eigenvalue weighted by molar-refractivity contribution is -0.118. The van der Waals surface area contributed by atoms with Crippen LogP contribution in [0, 0.1) is 28.6 Å². The van der Waals surface area contributed by atoms with E-state index in [2.05, 4.69) is 13.8 Å². The average molecular weight is 288 g/mol. The van der Waals surface area contributed by atoms with Gasteiger partial charge in [-0.25, -0.2) is 0 Å². The van der Waals surface area contributed by atoms with E-state index in [0.29, 0.717) is 11.7 Å². The highest BCUT2D eigenvalue weighted by molar-refractivity contribution is 5.91. The van der Waals surface area contributed by atoms with Crippen molar-refractivity contribution in [1.29, 1.82) is 0 Å². The van der Waals surface area contributed by atoms with Crippen molar-refractivity contribution in [2.45, 2.75) is 71.3 Å². The third-order valence-electron chi connectivity index (χ3n) is 7.91. The molecule has 0 unspecified atom stereocenters. The lowest BCUT2D eigenvalue weighted by Gasteiger charge is -2.57. The standard InChI is InChI=1S/C19H28O2/c1-18-9-7-13(20)11-12(18)3-4-14-15-5-6-17(21)19(15,2)10-8-16(14)18/h11,14-17,21H,3-10H2,1-2H3/t14-,15+,16+,17-,18-,19-/m1/s1. The molecule has 0 amide bonds. The molecule has 0 bridgehead atoms. The maximum absolute atomic E-state index is 11.8. The van der Waals surface area contributed by atoms with Crippen molar-refractivity contribution < 1.29 is 9.90 Å². The second-order valence-corrected chi connectivity index (χ2v) is 8.61. The molecule has 4 aliphatic carbocycles. The van der Waals surface area contributed by atoms with Crippen LogP contribution in [-0.2, 0) is 4.79 Å². The summed E-state index contributed by atoms with van der Waals surface area (Å²) in [5.41, 5.74) is 1.89. The van der Waals surface area contributed by atoms with Crippen LogP contribution in [0.25, 0.3) is 0 Å². The van der Waals surface area contributed by atoms with Gasteiger partial charge < -0.3 is 5.11 Å². The van der Waals surface area contributed by atoms with Gasteiger partial charge in [0.05, 0.1) is 6.10 Å². The van der Waals surface area contributed by atoms with Crippen LogP contribution in [0.15, 0.2) is 11.6 Å². The fourth-order valence-corrected chi connectivity index (χ4v) is 6.53. The van der Waals surface area contributed by atoms with E-state index in [1.54, 1.807) is 0 Å². The van der Waals surface area contributed by atoms with Crippen molar-refractivity contribution in [2.24, 2.45) is 28.6 Å². The smallest absolute Gasteiger partial charge is 0.155 e. The number of aliphatic hydroxyl groups excluding tert-OH is 1. The number of carbonyl (C=O) groups is 1. The molecule has 0 saturated heterocycles. The number of aliphatic hydroxyl groups is 1. The highest BCUT2D eigenvalue weighted by atomic mass is 16.3. The van der Waals surface area contributed by atoms with Crippen molar-refractivity contribution in [3.8, 4) is 0 Å². The largest absolute Gasteiger partial charge is 0.393 e. The zero-order valence-electron chi connectivity index (χ0n) is 13.4. The molecule has 116 valence electrons. The molecular weight excluding hydrogens is 260 g/mol. The Balaban J connectivity index is 1.69. The molecule has 0 aliphatic heterocycles. The van der Waals surface area contributed by atoms with Crippen molar-refractivity contribution >= 4 is 5.78 Å². The molecule has 21 heavy (non-hydrogen) atoms. The number of fused-ring (bicyclic) bond motifs is 5. The molecule has 2 nitrogen and oxygen atoms in total. The first-order valence-electron chi connectivity index (χ1n) is 8.87. The van der Waals surface area contributed by atoms with Crippen LogP contribution in [0.4, 0.5) is 0 Å². The van der Waals surface area contributed by atoms with Crippen molar-refractivity contribution in [3.63, 3.8) is 0 Å². The van der Waals surface area contributed by atoms with Gasteiger partial charge >= 0.3 is 0 Å². The number of ketones is 1. The Hall–Kier alpha value is -0.630. The first kappa shape index (κ1) is 14.0. The van der Waals surface area contributed by atoms with Crippen LogP contribution in [0.5, 0.6) is 0 Å². The van der Waals surface area contributed by atoms with Crippen molar-refractivity contribution in [2.75, 3.05) is 0 Å². The Morgan fingerprint density at radius 2 is 1.86 bits per heavy atom. The van der Waals surface area contributed by atoms with Crippen LogP contribution in [0.2, 0.25) is 0 Å². The van der Waals surface area contributed by atoms with Crippen LogP contribution in [0.3, 0.4) is 0 Å². The first-order valence-corrected chi connectivity index (χ1v) is 8.87. The zero-order valence-corrected chi connectivity index (χ0v) is 13.4. The van der Waals surface area contributed by atoms with Gasteiger partial charge in [0.25, 0.3) is 0 Å². The molecule has 3 saturated carbocycles. The Morgan fingerprint density at radius 3 is 2.67 bits per heavy atom. The Bertz CT molecular complexity index is 508. The summed E-state index contributed by atoms with van der Waals surface area (Å²) in [6, 6.07) is 0. The maximum Gasteiger partial charge on any atom is 0.155 e. The number of hydrogen-bond donors (Lipinski definition) is 1. The van der Waals surface area contributed by atoms with Crippen molar-refractivity contribution in [1.82, 2.24) is 0 Å². The summed E-state index contributed by atoms with van der Waals surface area (Å²) in [7, 11) is 0. The quantitative estimate of drug-likeness (QED) is 0.734. The summed E-state index contributed by atoms with van der Waals surface area (Å²) < 4.78 is 0. The lowest BCUT2D eigenvalue weighted by atomic mass is 9.47. The van der Waals surface area contributed by atoms with Gasteiger partial charge in [0.1, 0.15) is 0 Å². The molecule has 6 atom stereocenters. The second kappa shape index (κ2) is 4.44. The van der Waals surface area contributed by atoms with E-state index in [-0.39, 0.29) is 16.9 Å². The minimum atomic E-state index is -0.0823. The first-order chi connectivity index (χ1) is 9.95. The minimum Gasteiger partial charge on any atom is -0.393 e. The molecule has 1 N–H and O–H groups in total. The summed E-state index contributed by atoms with van der Waals surface area (Å²) in [5.74, 6) is 2.57. The molecule has 2 heteroatoms. The summed E-state index contributed by atoms with van der Waals surface area (Å²) in [5, 5.41) is 10.4. The van der Waals surface area contributed by atoms with Gasteiger partial charge in [0.15, 0.2) is 5.78 Å². The van der Waals surface area contributed by atoms with Gasteiger partial charge in [0.2, 0.25) is 0 Å². The zero-order chi connectivity index (χ0) is 14.8. The highest BCUT2D eigenvalue weighted by Gasteiger charge is 2.58. The van der Waals surface area contributed by atoms with Gasteiger partial charge in [0, 0.05) is 6.42 Å². The van der Waals surface area contributed by atoms with E-state index in [9.17, 15) is 9.90 Å². The molecule has 4 rings (SSSR count). The minimum absolute atomic E-state index is 0.0823.